The summed E-state index contributed by atoms with van der Waals surface area (Å²) in [5.41, 5.74) is 8.36. The molecule has 2 aromatic carbocycles. The zero-order valence-electron chi connectivity index (χ0n) is 18.6. The number of carbonyl (C=O) groups excluding carboxylic acids is 2. The Bertz CT molecular complexity index is 1200. The molecule has 0 aliphatic carbocycles. The van der Waals surface area contributed by atoms with E-state index in [4.69, 9.17) is 11.0 Å². The highest BCUT2D eigenvalue weighted by Gasteiger charge is 2.22. The first-order valence-corrected chi connectivity index (χ1v) is 11.0. The summed E-state index contributed by atoms with van der Waals surface area (Å²) in [7, 11) is 0. The number of anilines is 2. The number of para-hydroxylation sites is 1. The van der Waals surface area contributed by atoms with Gasteiger partial charge in [0.05, 0.1) is 18.0 Å². The van der Waals surface area contributed by atoms with Crippen molar-refractivity contribution in [3.8, 4) is 17.3 Å². The minimum Gasteiger partial charge on any atom is -0.382 e. The Hall–Kier alpha value is -4.29. The van der Waals surface area contributed by atoms with E-state index >= 15 is 0 Å². The third-order valence-corrected chi connectivity index (χ3v) is 5.67. The van der Waals surface area contributed by atoms with E-state index in [9.17, 15) is 9.59 Å². The minimum absolute atomic E-state index is 0.0298. The molecule has 0 spiro atoms. The van der Waals surface area contributed by atoms with Crippen molar-refractivity contribution in [3.05, 3.63) is 72.1 Å². The number of rotatable bonds is 6. The molecule has 0 unspecified atom stereocenters. The van der Waals surface area contributed by atoms with Gasteiger partial charge in [0.2, 0.25) is 0 Å². The quantitative estimate of drug-likeness (QED) is 0.585. The Kier molecular flexibility index (Phi) is 7.10. The molecule has 9 heteroatoms. The van der Waals surface area contributed by atoms with Crippen LogP contribution in [0.2, 0.25) is 0 Å². The Balaban J connectivity index is 1.44. The summed E-state index contributed by atoms with van der Waals surface area (Å²) >= 11 is 0. The molecule has 172 valence electrons. The Labute approximate surface area is 197 Å². The van der Waals surface area contributed by atoms with E-state index in [1.54, 1.807) is 36.4 Å². The van der Waals surface area contributed by atoms with Crippen molar-refractivity contribution >= 4 is 23.3 Å². The fourth-order valence-electron chi connectivity index (χ4n) is 3.77. The number of nitrogens with two attached hydrogens (primary N) is 1. The molecule has 1 aliphatic rings. The van der Waals surface area contributed by atoms with Crippen LogP contribution in [0.3, 0.4) is 0 Å². The predicted octanol–water partition coefficient (Wildman–Crippen LogP) is 2.65. The van der Waals surface area contributed by atoms with E-state index in [2.05, 4.69) is 26.3 Å². The first kappa shape index (κ1) is 22.9. The zero-order valence-corrected chi connectivity index (χ0v) is 18.6. The molecule has 2 amide bonds. The van der Waals surface area contributed by atoms with Crippen LogP contribution in [0.25, 0.3) is 11.3 Å². The van der Waals surface area contributed by atoms with Gasteiger partial charge in [-0.2, -0.15) is 5.26 Å². The van der Waals surface area contributed by atoms with Crippen LogP contribution in [0, 0.1) is 11.3 Å². The van der Waals surface area contributed by atoms with Crippen molar-refractivity contribution in [3.63, 3.8) is 0 Å². The molecule has 1 aromatic heterocycles. The average Bonchev–Trinajstić information content (AvgIpc) is 2.88. The lowest BCUT2D eigenvalue weighted by Gasteiger charge is -2.34. The number of benzene rings is 2. The SMILES string of the molecule is N#CCCN1CCN(C(=O)c2ccc(-c3cnc(N)c(C(=O)Nc4ccccc4)n3)cc2)CC1. The molecule has 1 fully saturated rings. The summed E-state index contributed by atoms with van der Waals surface area (Å²) in [6.45, 7) is 3.53. The number of nitrogens with zero attached hydrogens (tertiary/aromatic N) is 5. The van der Waals surface area contributed by atoms with Gasteiger partial charge in [-0.1, -0.05) is 30.3 Å². The molecule has 34 heavy (non-hydrogen) atoms. The summed E-state index contributed by atoms with van der Waals surface area (Å²) in [5, 5.41) is 11.5. The lowest BCUT2D eigenvalue weighted by Crippen LogP contribution is -2.48. The maximum Gasteiger partial charge on any atom is 0.278 e. The Morgan fingerprint density at radius 2 is 1.74 bits per heavy atom. The van der Waals surface area contributed by atoms with Gasteiger partial charge in [-0.3, -0.25) is 14.5 Å². The monoisotopic (exact) mass is 455 g/mol. The molecule has 9 nitrogen and oxygen atoms in total. The summed E-state index contributed by atoms with van der Waals surface area (Å²) in [6, 6.07) is 18.3. The maximum atomic E-state index is 12.9. The van der Waals surface area contributed by atoms with E-state index in [0.717, 1.165) is 25.2 Å². The van der Waals surface area contributed by atoms with Gasteiger partial charge in [0.1, 0.15) is 0 Å². The van der Waals surface area contributed by atoms with Gasteiger partial charge in [-0.15, -0.1) is 0 Å². The normalized spacial score (nSPS) is 13.8. The largest absolute Gasteiger partial charge is 0.382 e. The van der Waals surface area contributed by atoms with Gasteiger partial charge in [0.25, 0.3) is 11.8 Å². The summed E-state index contributed by atoms with van der Waals surface area (Å²) in [4.78, 5) is 38.1. The second-order valence-corrected chi connectivity index (χ2v) is 7.93. The minimum atomic E-state index is -0.446. The maximum absolute atomic E-state index is 12.9. The molecule has 0 saturated carbocycles. The van der Waals surface area contributed by atoms with Gasteiger partial charge in [-0.25, -0.2) is 9.97 Å². The molecule has 1 aliphatic heterocycles. The lowest BCUT2D eigenvalue weighted by atomic mass is 10.1. The highest BCUT2D eigenvalue weighted by molar-refractivity contribution is 6.06. The van der Waals surface area contributed by atoms with Crippen molar-refractivity contribution in [1.29, 1.82) is 5.26 Å². The molecular weight excluding hydrogens is 430 g/mol. The number of carbonyl (C=O) groups is 2. The molecule has 1 saturated heterocycles. The molecular formula is C25H25N7O2. The second kappa shape index (κ2) is 10.6. The number of hydrogen-bond acceptors (Lipinski definition) is 7. The third-order valence-electron chi connectivity index (χ3n) is 5.67. The van der Waals surface area contributed by atoms with E-state index in [-0.39, 0.29) is 17.4 Å². The highest BCUT2D eigenvalue weighted by atomic mass is 16.2. The number of piperazine rings is 1. The van der Waals surface area contributed by atoms with Crippen LogP contribution < -0.4 is 11.1 Å². The van der Waals surface area contributed by atoms with Gasteiger partial charge >= 0.3 is 0 Å². The van der Waals surface area contributed by atoms with Crippen LogP contribution in [-0.2, 0) is 0 Å². The van der Waals surface area contributed by atoms with E-state index in [1.165, 1.54) is 6.20 Å². The average molecular weight is 456 g/mol. The fourth-order valence-corrected chi connectivity index (χ4v) is 3.77. The number of hydrogen-bond donors (Lipinski definition) is 2. The van der Waals surface area contributed by atoms with Crippen molar-refractivity contribution < 1.29 is 9.59 Å². The van der Waals surface area contributed by atoms with Gasteiger partial charge in [0, 0.05) is 56.0 Å². The molecule has 0 bridgehead atoms. The summed E-state index contributed by atoms with van der Waals surface area (Å²) < 4.78 is 0. The van der Waals surface area contributed by atoms with E-state index in [0.29, 0.717) is 36.5 Å². The number of nitrogen functional groups attached to an aromatic ring is 1. The molecule has 4 rings (SSSR count). The Morgan fingerprint density at radius 1 is 1.03 bits per heavy atom. The van der Waals surface area contributed by atoms with Crippen molar-refractivity contribution in [2.75, 3.05) is 43.8 Å². The summed E-state index contributed by atoms with van der Waals surface area (Å²) in [6.07, 6.45) is 2.00. The number of amides is 2. The first-order chi connectivity index (χ1) is 16.5. The number of aromatic nitrogens is 2. The van der Waals surface area contributed by atoms with Crippen LogP contribution >= 0.6 is 0 Å². The highest BCUT2D eigenvalue weighted by Crippen LogP contribution is 2.21. The van der Waals surface area contributed by atoms with Crippen molar-refractivity contribution in [2.24, 2.45) is 0 Å². The third kappa shape index (κ3) is 5.36. The van der Waals surface area contributed by atoms with Crippen LogP contribution in [0.15, 0.2) is 60.8 Å². The van der Waals surface area contributed by atoms with Gasteiger partial charge < -0.3 is 16.0 Å². The predicted molar refractivity (Wildman–Crippen MR) is 129 cm³/mol. The van der Waals surface area contributed by atoms with Crippen molar-refractivity contribution in [1.82, 2.24) is 19.8 Å². The van der Waals surface area contributed by atoms with Crippen LogP contribution in [0.5, 0.6) is 0 Å². The van der Waals surface area contributed by atoms with E-state index < -0.39 is 5.91 Å². The molecule has 0 atom stereocenters. The standard InChI is InChI=1S/C25H25N7O2/c26-11-4-12-31-13-15-32(16-14-31)25(34)19-9-7-18(8-10-19)21-17-28-23(27)22(30-21)24(33)29-20-5-2-1-3-6-20/h1-3,5-10,17H,4,12-16H2,(H2,27,28)(H,29,33). The van der Waals surface area contributed by atoms with Crippen molar-refractivity contribution in [2.45, 2.75) is 6.42 Å². The lowest BCUT2D eigenvalue weighted by molar-refractivity contribution is 0.0639. The number of nitriles is 1. The second-order valence-electron chi connectivity index (χ2n) is 7.93. The molecule has 3 N–H and O–H groups in total. The zero-order chi connectivity index (χ0) is 23.9. The first-order valence-electron chi connectivity index (χ1n) is 11.0. The smallest absolute Gasteiger partial charge is 0.278 e. The molecule has 2 heterocycles. The Morgan fingerprint density at radius 3 is 2.41 bits per heavy atom. The molecule has 3 aromatic rings. The van der Waals surface area contributed by atoms with Gasteiger partial charge in [-0.05, 0) is 24.3 Å². The van der Waals surface area contributed by atoms with Crippen LogP contribution in [-0.4, -0.2) is 64.3 Å². The van der Waals surface area contributed by atoms with Gasteiger partial charge in [0.15, 0.2) is 11.5 Å². The summed E-state index contributed by atoms with van der Waals surface area (Å²) in [5.74, 6) is -0.436. The van der Waals surface area contributed by atoms with Crippen LogP contribution in [0.1, 0.15) is 27.3 Å². The molecule has 0 radical (unpaired) electrons. The number of nitrogens with one attached hydrogen (secondary N) is 1. The van der Waals surface area contributed by atoms with Crippen LogP contribution in [0.4, 0.5) is 11.5 Å². The fraction of sp³-hybridized carbons (Fsp3) is 0.240. The van der Waals surface area contributed by atoms with E-state index in [1.807, 2.05) is 23.1 Å². The topological polar surface area (TPSA) is 128 Å².